The number of nitrogens with zero attached hydrogens (tertiary/aromatic N) is 3. The maximum Gasteiger partial charge on any atom is 0.242 e. The second-order valence-electron chi connectivity index (χ2n) is 4.99. The summed E-state index contributed by atoms with van der Waals surface area (Å²) in [6.07, 6.45) is 2.07. The number of hydrogen-bond acceptors (Lipinski definition) is 3. The van der Waals surface area contributed by atoms with Crippen molar-refractivity contribution in [1.82, 2.24) is 14.5 Å². The van der Waals surface area contributed by atoms with Crippen molar-refractivity contribution in [2.75, 3.05) is 13.1 Å². The van der Waals surface area contributed by atoms with Gasteiger partial charge in [-0.1, -0.05) is 0 Å². The molecule has 0 radical (unpaired) electrons. The minimum absolute atomic E-state index is 0.0147. The quantitative estimate of drug-likeness (QED) is 0.919. The number of likely N-dealkylation sites (tertiary alicyclic amines) is 1. The minimum Gasteiger partial charge on any atom is -0.388 e. The van der Waals surface area contributed by atoms with Crippen molar-refractivity contribution >= 4 is 16.9 Å². The Hall–Kier alpha value is -1.95. The fourth-order valence-corrected chi connectivity index (χ4v) is 2.65. The van der Waals surface area contributed by atoms with E-state index in [-0.39, 0.29) is 24.9 Å². The molecule has 5 nitrogen and oxygen atoms in total. The highest BCUT2D eigenvalue weighted by Gasteiger charge is 2.20. The zero-order valence-corrected chi connectivity index (χ0v) is 11.0. The molecule has 1 amide bonds. The van der Waals surface area contributed by atoms with Gasteiger partial charge in [0.2, 0.25) is 5.91 Å². The van der Waals surface area contributed by atoms with Crippen molar-refractivity contribution in [1.29, 1.82) is 0 Å². The zero-order valence-electron chi connectivity index (χ0n) is 11.0. The molecule has 0 spiro atoms. The molecule has 1 aliphatic rings. The highest BCUT2D eigenvalue weighted by Crippen LogP contribution is 2.19. The van der Waals surface area contributed by atoms with Crippen LogP contribution in [-0.2, 0) is 17.9 Å². The summed E-state index contributed by atoms with van der Waals surface area (Å²) in [5.74, 6) is 0.0245. The van der Waals surface area contributed by atoms with Crippen LogP contribution in [-0.4, -0.2) is 38.6 Å². The topological polar surface area (TPSA) is 58.4 Å². The van der Waals surface area contributed by atoms with Crippen molar-refractivity contribution in [3.05, 3.63) is 29.8 Å². The predicted molar refractivity (Wildman–Crippen MR) is 71.4 cm³/mol. The molecule has 106 valence electrons. The van der Waals surface area contributed by atoms with Crippen LogP contribution in [0.2, 0.25) is 0 Å². The number of benzene rings is 1. The normalized spacial score (nSPS) is 15.2. The fraction of sp³-hybridized carbons (Fsp3) is 0.429. The first-order valence-electron chi connectivity index (χ1n) is 6.72. The van der Waals surface area contributed by atoms with Crippen molar-refractivity contribution < 1.29 is 14.3 Å². The Labute approximate surface area is 115 Å². The largest absolute Gasteiger partial charge is 0.388 e. The number of halogens is 1. The van der Waals surface area contributed by atoms with Crippen LogP contribution in [0, 0.1) is 5.82 Å². The summed E-state index contributed by atoms with van der Waals surface area (Å²) in [5.41, 5.74) is 1.13. The first-order valence-corrected chi connectivity index (χ1v) is 6.72. The fourth-order valence-electron chi connectivity index (χ4n) is 2.65. The average Bonchev–Trinajstić information content (AvgIpc) is 3.06. The van der Waals surface area contributed by atoms with Gasteiger partial charge in [-0.3, -0.25) is 4.79 Å². The Balaban J connectivity index is 1.94. The maximum atomic E-state index is 13.2. The maximum absolute atomic E-state index is 13.2. The van der Waals surface area contributed by atoms with E-state index in [1.807, 2.05) is 4.90 Å². The lowest BCUT2D eigenvalue weighted by atomic mass is 10.3. The molecule has 2 heterocycles. The number of fused-ring (bicyclic) bond motifs is 1. The third kappa shape index (κ3) is 2.27. The number of carbonyl (C=O) groups excluding carboxylic acids is 1. The Morgan fingerprint density at radius 3 is 2.80 bits per heavy atom. The average molecular weight is 277 g/mol. The van der Waals surface area contributed by atoms with Crippen LogP contribution in [0.3, 0.4) is 0 Å². The van der Waals surface area contributed by atoms with Gasteiger partial charge < -0.3 is 14.6 Å². The highest BCUT2D eigenvalue weighted by atomic mass is 19.1. The SMILES string of the molecule is O=C(Cn1c(CO)nc2cc(F)ccc21)N1CCCC1. The lowest BCUT2D eigenvalue weighted by Gasteiger charge is -2.16. The molecule has 0 unspecified atom stereocenters. The summed E-state index contributed by atoms with van der Waals surface area (Å²) >= 11 is 0. The van der Waals surface area contributed by atoms with E-state index in [9.17, 15) is 14.3 Å². The molecule has 2 aromatic rings. The van der Waals surface area contributed by atoms with E-state index in [4.69, 9.17) is 0 Å². The van der Waals surface area contributed by atoms with Gasteiger partial charge in [-0.25, -0.2) is 9.37 Å². The van der Waals surface area contributed by atoms with Gasteiger partial charge in [0, 0.05) is 19.2 Å². The molecular weight excluding hydrogens is 261 g/mol. The number of hydrogen-bond donors (Lipinski definition) is 1. The molecule has 1 aromatic carbocycles. The molecule has 3 rings (SSSR count). The van der Waals surface area contributed by atoms with Gasteiger partial charge in [0.05, 0.1) is 11.0 Å². The van der Waals surface area contributed by atoms with E-state index in [2.05, 4.69) is 4.98 Å². The van der Waals surface area contributed by atoms with Crippen LogP contribution in [0.25, 0.3) is 11.0 Å². The number of carbonyl (C=O) groups is 1. The van der Waals surface area contributed by atoms with Gasteiger partial charge in [-0.15, -0.1) is 0 Å². The molecule has 0 atom stereocenters. The zero-order chi connectivity index (χ0) is 14.1. The van der Waals surface area contributed by atoms with Crippen molar-refractivity contribution in [3.8, 4) is 0 Å². The van der Waals surface area contributed by atoms with Crippen molar-refractivity contribution in [3.63, 3.8) is 0 Å². The van der Waals surface area contributed by atoms with Gasteiger partial charge in [-0.05, 0) is 25.0 Å². The van der Waals surface area contributed by atoms with Gasteiger partial charge in [0.25, 0.3) is 0 Å². The summed E-state index contributed by atoms with van der Waals surface area (Å²) in [5, 5.41) is 9.37. The second kappa shape index (κ2) is 5.20. The van der Waals surface area contributed by atoms with E-state index in [0.29, 0.717) is 16.9 Å². The molecule has 20 heavy (non-hydrogen) atoms. The van der Waals surface area contributed by atoms with E-state index >= 15 is 0 Å². The number of aliphatic hydroxyl groups excluding tert-OH is 1. The summed E-state index contributed by atoms with van der Waals surface area (Å²) in [7, 11) is 0. The number of rotatable bonds is 3. The van der Waals surface area contributed by atoms with Gasteiger partial charge in [-0.2, -0.15) is 0 Å². The lowest BCUT2D eigenvalue weighted by Crippen LogP contribution is -2.31. The molecule has 1 fully saturated rings. The van der Waals surface area contributed by atoms with E-state index in [0.717, 1.165) is 25.9 Å². The van der Waals surface area contributed by atoms with Crippen LogP contribution >= 0.6 is 0 Å². The van der Waals surface area contributed by atoms with Crippen molar-refractivity contribution in [2.24, 2.45) is 0 Å². The summed E-state index contributed by atoms with van der Waals surface area (Å²) < 4.78 is 14.9. The summed E-state index contributed by atoms with van der Waals surface area (Å²) in [6.45, 7) is 1.44. The Morgan fingerprint density at radius 1 is 1.35 bits per heavy atom. The Kier molecular flexibility index (Phi) is 3.40. The predicted octanol–water partition coefficient (Wildman–Crippen LogP) is 1.29. The monoisotopic (exact) mass is 277 g/mol. The van der Waals surface area contributed by atoms with Crippen LogP contribution in [0.15, 0.2) is 18.2 Å². The molecule has 1 saturated heterocycles. The Morgan fingerprint density at radius 2 is 2.10 bits per heavy atom. The second-order valence-corrected chi connectivity index (χ2v) is 4.99. The molecular formula is C14H16FN3O2. The summed E-state index contributed by atoms with van der Waals surface area (Å²) in [4.78, 5) is 18.2. The van der Waals surface area contributed by atoms with E-state index in [1.54, 1.807) is 10.6 Å². The number of aliphatic hydroxyl groups is 1. The smallest absolute Gasteiger partial charge is 0.242 e. The number of amides is 1. The molecule has 6 heteroatoms. The molecule has 0 saturated carbocycles. The van der Waals surface area contributed by atoms with Crippen molar-refractivity contribution in [2.45, 2.75) is 26.0 Å². The van der Waals surface area contributed by atoms with Gasteiger partial charge >= 0.3 is 0 Å². The van der Waals surface area contributed by atoms with E-state index in [1.165, 1.54) is 12.1 Å². The third-order valence-corrected chi connectivity index (χ3v) is 3.68. The van der Waals surface area contributed by atoms with Crippen LogP contribution in [0.5, 0.6) is 0 Å². The molecule has 1 aromatic heterocycles. The molecule has 0 bridgehead atoms. The highest BCUT2D eigenvalue weighted by molar-refractivity contribution is 5.81. The molecule has 1 N–H and O–H groups in total. The lowest BCUT2D eigenvalue weighted by molar-refractivity contribution is -0.130. The standard InChI is InChI=1S/C14H16FN3O2/c15-10-3-4-12-11(7-10)16-13(9-19)18(12)8-14(20)17-5-1-2-6-17/h3-4,7,19H,1-2,5-6,8-9H2. The van der Waals surface area contributed by atoms with Crippen LogP contribution in [0.1, 0.15) is 18.7 Å². The van der Waals surface area contributed by atoms with Crippen LogP contribution in [0.4, 0.5) is 4.39 Å². The minimum atomic E-state index is -0.377. The molecule has 1 aliphatic heterocycles. The first kappa shape index (κ1) is 13.1. The number of aromatic nitrogens is 2. The Bertz CT molecular complexity index is 647. The number of imidazole rings is 1. The van der Waals surface area contributed by atoms with Gasteiger partial charge in [0.1, 0.15) is 24.8 Å². The first-order chi connectivity index (χ1) is 9.69. The van der Waals surface area contributed by atoms with Crippen LogP contribution < -0.4 is 0 Å². The third-order valence-electron chi connectivity index (χ3n) is 3.68. The summed E-state index contributed by atoms with van der Waals surface area (Å²) in [6, 6.07) is 4.24. The molecule has 0 aliphatic carbocycles. The van der Waals surface area contributed by atoms with E-state index < -0.39 is 0 Å². The van der Waals surface area contributed by atoms with Gasteiger partial charge in [0.15, 0.2) is 0 Å².